The molecule has 1 aromatic carbocycles. The topological polar surface area (TPSA) is 54.5 Å². The van der Waals surface area contributed by atoms with Crippen LogP contribution in [0.3, 0.4) is 0 Å². The van der Waals surface area contributed by atoms with Gasteiger partial charge in [-0.3, -0.25) is 0 Å². The average molecular weight is 198 g/mol. The van der Waals surface area contributed by atoms with E-state index in [2.05, 4.69) is 10.3 Å². The van der Waals surface area contributed by atoms with Crippen LogP contribution in [-0.2, 0) is 0 Å². The summed E-state index contributed by atoms with van der Waals surface area (Å²) in [6.07, 6.45) is 0. The summed E-state index contributed by atoms with van der Waals surface area (Å²) in [6, 6.07) is 9.88. The third kappa shape index (κ3) is 1.48. The zero-order valence-corrected chi connectivity index (χ0v) is 8.60. The van der Waals surface area contributed by atoms with Gasteiger partial charge in [-0.05, 0) is 25.5 Å². The van der Waals surface area contributed by atoms with Gasteiger partial charge < -0.3 is 0 Å². The van der Waals surface area contributed by atoms with Crippen molar-refractivity contribution < 1.29 is 0 Å². The molecule has 2 aromatic rings. The van der Waals surface area contributed by atoms with Gasteiger partial charge in [0.1, 0.15) is 6.07 Å². The molecule has 4 nitrogen and oxygen atoms in total. The molecule has 0 unspecified atom stereocenters. The first-order chi connectivity index (χ1) is 7.24. The largest absolute Gasteiger partial charge is 0.216 e. The van der Waals surface area contributed by atoms with Gasteiger partial charge in [0.15, 0.2) is 5.69 Å². The summed E-state index contributed by atoms with van der Waals surface area (Å²) in [5.74, 6) is 0. The highest BCUT2D eigenvalue weighted by molar-refractivity contribution is 5.41. The maximum Gasteiger partial charge on any atom is 0.186 e. The van der Waals surface area contributed by atoms with Crippen molar-refractivity contribution in [3.63, 3.8) is 0 Å². The number of rotatable bonds is 1. The van der Waals surface area contributed by atoms with E-state index >= 15 is 0 Å². The number of nitrogens with zero attached hydrogens (tertiary/aromatic N) is 4. The summed E-state index contributed by atoms with van der Waals surface area (Å²) in [7, 11) is 0. The van der Waals surface area contributed by atoms with Gasteiger partial charge in [-0.1, -0.05) is 23.4 Å². The first-order valence-corrected chi connectivity index (χ1v) is 4.62. The lowest BCUT2D eigenvalue weighted by Gasteiger charge is -2.05. The molecule has 4 heteroatoms. The van der Waals surface area contributed by atoms with E-state index in [4.69, 9.17) is 5.26 Å². The van der Waals surface area contributed by atoms with E-state index in [1.54, 1.807) is 4.68 Å². The highest BCUT2D eigenvalue weighted by Crippen LogP contribution is 2.15. The monoisotopic (exact) mass is 198 g/mol. The van der Waals surface area contributed by atoms with Crippen molar-refractivity contribution in [2.45, 2.75) is 13.8 Å². The van der Waals surface area contributed by atoms with Crippen LogP contribution in [0.2, 0.25) is 0 Å². The van der Waals surface area contributed by atoms with E-state index in [1.807, 2.05) is 44.2 Å². The van der Waals surface area contributed by atoms with Gasteiger partial charge in [0.2, 0.25) is 0 Å². The van der Waals surface area contributed by atoms with Gasteiger partial charge >= 0.3 is 0 Å². The standard InChI is InChI=1S/C11H10N4/c1-8-5-3-4-6-11(8)15-9(2)10(7-12)13-14-15/h3-6H,1-2H3. The fraction of sp³-hybridized carbons (Fsp3) is 0.182. The second kappa shape index (κ2) is 3.54. The van der Waals surface area contributed by atoms with Crippen molar-refractivity contribution in [3.8, 4) is 11.8 Å². The average Bonchev–Trinajstić information content (AvgIpc) is 2.60. The van der Waals surface area contributed by atoms with Crippen molar-refractivity contribution in [1.82, 2.24) is 15.0 Å². The Bertz CT molecular complexity index is 534. The van der Waals surface area contributed by atoms with Crippen LogP contribution in [-0.4, -0.2) is 15.0 Å². The molecule has 15 heavy (non-hydrogen) atoms. The molecule has 74 valence electrons. The minimum Gasteiger partial charge on any atom is -0.216 e. The van der Waals surface area contributed by atoms with Crippen molar-refractivity contribution in [2.75, 3.05) is 0 Å². The maximum atomic E-state index is 8.78. The fourth-order valence-electron chi connectivity index (χ4n) is 1.46. The molecular formula is C11H10N4. The second-order valence-electron chi connectivity index (χ2n) is 3.33. The van der Waals surface area contributed by atoms with Crippen LogP contribution < -0.4 is 0 Å². The fourth-order valence-corrected chi connectivity index (χ4v) is 1.46. The first-order valence-electron chi connectivity index (χ1n) is 4.62. The lowest BCUT2D eigenvalue weighted by Crippen LogP contribution is -2.01. The predicted octanol–water partition coefficient (Wildman–Crippen LogP) is 1.76. The summed E-state index contributed by atoms with van der Waals surface area (Å²) in [4.78, 5) is 0. The van der Waals surface area contributed by atoms with Crippen LogP contribution >= 0.6 is 0 Å². The molecule has 0 amide bonds. The number of para-hydroxylation sites is 1. The minimum absolute atomic E-state index is 0.373. The molecule has 0 atom stereocenters. The smallest absolute Gasteiger partial charge is 0.186 e. The van der Waals surface area contributed by atoms with Gasteiger partial charge in [-0.25, -0.2) is 4.68 Å². The lowest BCUT2D eigenvalue weighted by atomic mass is 10.2. The number of benzene rings is 1. The molecule has 0 aliphatic heterocycles. The Kier molecular flexibility index (Phi) is 2.22. The van der Waals surface area contributed by atoms with Gasteiger partial charge in [-0.15, -0.1) is 5.10 Å². The molecule has 0 saturated heterocycles. The van der Waals surface area contributed by atoms with Crippen LogP contribution in [0.1, 0.15) is 17.0 Å². The van der Waals surface area contributed by atoms with E-state index in [9.17, 15) is 0 Å². The molecule has 1 heterocycles. The summed E-state index contributed by atoms with van der Waals surface area (Å²) < 4.78 is 1.69. The van der Waals surface area contributed by atoms with Crippen molar-refractivity contribution in [3.05, 3.63) is 41.2 Å². The van der Waals surface area contributed by atoms with Crippen LogP contribution in [0.15, 0.2) is 24.3 Å². The second-order valence-corrected chi connectivity index (χ2v) is 3.33. The Morgan fingerprint density at radius 3 is 2.60 bits per heavy atom. The Labute approximate surface area is 87.8 Å². The molecule has 0 spiro atoms. The summed E-state index contributed by atoms with van der Waals surface area (Å²) >= 11 is 0. The van der Waals surface area contributed by atoms with Crippen LogP contribution in [0, 0.1) is 25.2 Å². The summed E-state index contributed by atoms with van der Waals surface area (Å²) in [5.41, 5.74) is 3.21. The third-order valence-corrected chi connectivity index (χ3v) is 2.34. The lowest BCUT2D eigenvalue weighted by molar-refractivity contribution is 0.780. The van der Waals surface area contributed by atoms with Crippen LogP contribution in [0.4, 0.5) is 0 Å². The van der Waals surface area contributed by atoms with E-state index in [1.165, 1.54) is 0 Å². The Morgan fingerprint density at radius 1 is 1.27 bits per heavy atom. The molecule has 0 radical (unpaired) electrons. The first kappa shape index (κ1) is 9.41. The van der Waals surface area contributed by atoms with Gasteiger partial charge in [-0.2, -0.15) is 5.26 Å². The molecular weight excluding hydrogens is 188 g/mol. The molecule has 0 aliphatic carbocycles. The zero-order valence-electron chi connectivity index (χ0n) is 8.60. The van der Waals surface area contributed by atoms with Crippen molar-refractivity contribution in [1.29, 1.82) is 5.26 Å². The normalized spacial score (nSPS) is 9.93. The van der Waals surface area contributed by atoms with Crippen LogP contribution in [0.5, 0.6) is 0 Å². The molecule has 0 N–H and O–H groups in total. The highest BCUT2D eigenvalue weighted by Gasteiger charge is 2.10. The Morgan fingerprint density at radius 2 is 2.00 bits per heavy atom. The van der Waals surface area contributed by atoms with E-state index in [-0.39, 0.29) is 0 Å². The number of hydrogen-bond acceptors (Lipinski definition) is 3. The van der Waals surface area contributed by atoms with Gasteiger partial charge in [0.05, 0.1) is 11.4 Å². The minimum atomic E-state index is 0.373. The number of aryl methyl sites for hydroxylation is 1. The van der Waals surface area contributed by atoms with E-state index in [0.717, 1.165) is 16.9 Å². The quantitative estimate of drug-likeness (QED) is 0.701. The van der Waals surface area contributed by atoms with Gasteiger partial charge in [0.25, 0.3) is 0 Å². The molecule has 0 saturated carbocycles. The molecule has 2 rings (SSSR count). The zero-order chi connectivity index (χ0) is 10.8. The molecule has 0 aliphatic rings. The van der Waals surface area contributed by atoms with Gasteiger partial charge in [0, 0.05) is 0 Å². The number of hydrogen-bond donors (Lipinski definition) is 0. The third-order valence-electron chi connectivity index (χ3n) is 2.34. The predicted molar refractivity (Wildman–Crippen MR) is 55.5 cm³/mol. The molecule has 0 fully saturated rings. The number of aromatic nitrogens is 3. The van der Waals surface area contributed by atoms with Crippen LogP contribution in [0.25, 0.3) is 5.69 Å². The summed E-state index contributed by atoms with van der Waals surface area (Å²) in [5, 5.41) is 16.5. The van der Waals surface area contributed by atoms with Crippen molar-refractivity contribution >= 4 is 0 Å². The van der Waals surface area contributed by atoms with E-state index in [0.29, 0.717) is 5.69 Å². The number of nitriles is 1. The SMILES string of the molecule is Cc1ccccc1-n1nnc(C#N)c1C. The maximum absolute atomic E-state index is 8.78. The summed E-state index contributed by atoms with van der Waals surface area (Å²) in [6.45, 7) is 3.84. The van der Waals surface area contributed by atoms with Crippen molar-refractivity contribution in [2.24, 2.45) is 0 Å². The Hall–Kier alpha value is -2.15. The Balaban J connectivity index is 2.61. The van der Waals surface area contributed by atoms with E-state index < -0.39 is 0 Å². The molecule has 1 aromatic heterocycles. The molecule has 0 bridgehead atoms. The highest BCUT2D eigenvalue weighted by atomic mass is 15.4.